The summed E-state index contributed by atoms with van der Waals surface area (Å²) in [5, 5.41) is 4.77. The zero-order valence-electron chi connectivity index (χ0n) is 7.11. The third kappa shape index (κ3) is 1.62. The van der Waals surface area contributed by atoms with E-state index in [1.165, 1.54) is 25.2 Å². The molecule has 1 atom stereocenters. The molecule has 0 spiro atoms. The number of piperazine rings is 1. The molecule has 0 amide bonds. The lowest BCUT2D eigenvalue weighted by Gasteiger charge is -2.18. The lowest BCUT2D eigenvalue weighted by atomic mass is 10.1. The van der Waals surface area contributed by atoms with Crippen LogP contribution in [-0.2, 0) is 0 Å². The van der Waals surface area contributed by atoms with E-state index in [2.05, 4.69) is 21.7 Å². The molecule has 0 saturated carbocycles. The van der Waals surface area contributed by atoms with Crippen molar-refractivity contribution >= 4 is 0 Å². The van der Waals surface area contributed by atoms with Crippen LogP contribution in [0.5, 0.6) is 0 Å². The van der Waals surface area contributed by atoms with Gasteiger partial charge in [-0.3, -0.25) is 4.98 Å². The number of pyridine rings is 1. The topological polar surface area (TPSA) is 46.1 Å². The Morgan fingerprint density at radius 1 is 1.42 bits per heavy atom. The summed E-state index contributed by atoms with van der Waals surface area (Å²) in [6.45, 7) is 3.65. The Morgan fingerprint density at radius 3 is 3.08 bits per heavy atom. The molecule has 1 aromatic rings. The van der Waals surface area contributed by atoms with Crippen molar-refractivity contribution in [1.82, 2.24) is 4.98 Å². The minimum atomic E-state index is 0.618. The van der Waals surface area contributed by atoms with Crippen LogP contribution in [0.15, 0.2) is 24.5 Å². The predicted octanol–water partition coefficient (Wildman–Crippen LogP) is -1.74. The Bertz CT molecular complexity index is 229. The van der Waals surface area contributed by atoms with Crippen LogP contribution in [0.3, 0.4) is 0 Å². The minimum Gasteiger partial charge on any atom is -0.336 e. The highest BCUT2D eigenvalue weighted by atomic mass is 15.1. The molecule has 2 rings (SSSR count). The maximum atomic E-state index is 4.13. The molecule has 12 heavy (non-hydrogen) atoms. The first-order valence-corrected chi connectivity index (χ1v) is 4.52. The Hall–Kier alpha value is -0.930. The van der Waals surface area contributed by atoms with Gasteiger partial charge in [0.05, 0.1) is 0 Å². The number of hydrogen-bond donors (Lipinski definition) is 2. The van der Waals surface area contributed by atoms with Crippen molar-refractivity contribution in [2.75, 3.05) is 19.6 Å². The van der Waals surface area contributed by atoms with Crippen molar-refractivity contribution in [2.45, 2.75) is 6.04 Å². The highest BCUT2D eigenvalue weighted by Gasteiger charge is 2.20. The quantitative estimate of drug-likeness (QED) is 0.510. The van der Waals surface area contributed by atoms with E-state index in [0.717, 1.165) is 0 Å². The number of quaternary nitrogens is 2. The van der Waals surface area contributed by atoms with Gasteiger partial charge in [-0.05, 0) is 12.1 Å². The van der Waals surface area contributed by atoms with E-state index in [1.807, 2.05) is 18.5 Å². The Kier molecular flexibility index (Phi) is 2.34. The summed E-state index contributed by atoms with van der Waals surface area (Å²) in [7, 11) is 0. The molecule has 1 aliphatic heterocycles. The molecule has 1 fully saturated rings. The molecule has 0 aliphatic carbocycles. The van der Waals surface area contributed by atoms with Crippen LogP contribution in [0, 0.1) is 0 Å². The van der Waals surface area contributed by atoms with Gasteiger partial charge in [-0.25, -0.2) is 0 Å². The van der Waals surface area contributed by atoms with Crippen LogP contribution < -0.4 is 10.6 Å². The van der Waals surface area contributed by atoms with Gasteiger partial charge in [-0.1, -0.05) is 0 Å². The number of nitrogens with two attached hydrogens (primary N) is 2. The molecule has 0 aromatic carbocycles. The summed E-state index contributed by atoms with van der Waals surface area (Å²) in [5.74, 6) is 0. The monoisotopic (exact) mass is 165 g/mol. The highest BCUT2D eigenvalue weighted by molar-refractivity contribution is 5.11. The van der Waals surface area contributed by atoms with Crippen molar-refractivity contribution in [3.05, 3.63) is 30.1 Å². The van der Waals surface area contributed by atoms with Gasteiger partial charge in [0.2, 0.25) is 0 Å². The fraction of sp³-hybridized carbons (Fsp3) is 0.444. The number of nitrogens with zero attached hydrogens (tertiary/aromatic N) is 1. The second-order valence-electron chi connectivity index (χ2n) is 3.23. The fourth-order valence-corrected chi connectivity index (χ4v) is 1.68. The van der Waals surface area contributed by atoms with Gasteiger partial charge in [-0.2, -0.15) is 0 Å². The standard InChI is InChI=1S/C9H13N3/c1-2-8(6-10-3-1)9-7-11-4-5-12-9/h1-3,6,9,11-12H,4-5,7H2/p+2/t9-/m0/s1. The van der Waals surface area contributed by atoms with Gasteiger partial charge in [0.25, 0.3) is 0 Å². The number of aromatic nitrogens is 1. The highest BCUT2D eigenvalue weighted by Crippen LogP contribution is 2.03. The molecule has 0 unspecified atom stereocenters. The van der Waals surface area contributed by atoms with Crippen molar-refractivity contribution in [3.63, 3.8) is 0 Å². The summed E-state index contributed by atoms with van der Waals surface area (Å²) in [6, 6.07) is 4.79. The van der Waals surface area contributed by atoms with Gasteiger partial charge in [0.1, 0.15) is 19.6 Å². The van der Waals surface area contributed by atoms with Crippen molar-refractivity contribution in [1.29, 1.82) is 0 Å². The predicted molar refractivity (Wildman–Crippen MR) is 45.4 cm³/mol. The zero-order chi connectivity index (χ0) is 8.23. The molecule has 1 saturated heterocycles. The van der Waals surface area contributed by atoms with Crippen LogP contribution in [0.25, 0.3) is 0 Å². The lowest BCUT2D eigenvalue weighted by molar-refractivity contribution is -0.816. The molecule has 3 heteroatoms. The summed E-state index contributed by atoms with van der Waals surface area (Å²) >= 11 is 0. The Morgan fingerprint density at radius 2 is 2.42 bits per heavy atom. The molecule has 0 bridgehead atoms. The molecule has 1 aromatic heterocycles. The number of rotatable bonds is 1. The van der Waals surface area contributed by atoms with E-state index < -0.39 is 0 Å². The average molecular weight is 165 g/mol. The van der Waals surface area contributed by atoms with Gasteiger partial charge >= 0.3 is 0 Å². The molecular formula is C9H15N3+2. The molecule has 64 valence electrons. The largest absolute Gasteiger partial charge is 0.336 e. The van der Waals surface area contributed by atoms with Gasteiger partial charge in [0.15, 0.2) is 6.04 Å². The van der Waals surface area contributed by atoms with Gasteiger partial charge in [0, 0.05) is 18.0 Å². The smallest absolute Gasteiger partial charge is 0.163 e. The second-order valence-corrected chi connectivity index (χ2v) is 3.23. The van der Waals surface area contributed by atoms with E-state index in [4.69, 9.17) is 0 Å². The van der Waals surface area contributed by atoms with E-state index in [1.54, 1.807) is 0 Å². The first-order valence-electron chi connectivity index (χ1n) is 4.52. The van der Waals surface area contributed by atoms with Crippen LogP contribution in [-0.4, -0.2) is 24.6 Å². The normalized spacial score (nSPS) is 23.8. The van der Waals surface area contributed by atoms with E-state index in [0.29, 0.717) is 6.04 Å². The van der Waals surface area contributed by atoms with E-state index in [-0.39, 0.29) is 0 Å². The number of hydrogen-bond acceptors (Lipinski definition) is 1. The molecule has 0 radical (unpaired) electrons. The molecular weight excluding hydrogens is 150 g/mol. The summed E-state index contributed by atoms with van der Waals surface area (Å²) in [6.07, 6.45) is 3.80. The van der Waals surface area contributed by atoms with Crippen molar-refractivity contribution in [3.8, 4) is 0 Å². The average Bonchev–Trinajstić information content (AvgIpc) is 2.21. The van der Waals surface area contributed by atoms with Crippen molar-refractivity contribution in [2.24, 2.45) is 0 Å². The first kappa shape index (κ1) is 7.71. The molecule has 3 nitrogen and oxygen atoms in total. The molecule has 4 N–H and O–H groups in total. The summed E-state index contributed by atoms with van der Waals surface area (Å²) < 4.78 is 0. The van der Waals surface area contributed by atoms with Crippen LogP contribution in [0.1, 0.15) is 11.6 Å². The zero-order valence-corrected chi connectivity index (χ0v) is 7.11. The fourth-order valence-electron chi connectivity index (χ4n) is 1.68. The molecule has 2 heterocycles. The Balaban J connectivity index is 2.08. The SMILES string of the molecule is c1cncc([C@@H]2C[NH2+]CC[NH2+]2)c1. The second kappa shape index (κ2) is 3.65. The minimum absolute atomic E-state index is 0.618. The maximum absolute atomic E-state index is 4.13. The van der Waals surface area contributed by atoms with E-state index in [9.17, 15) is 0 Å². The van der Waals surface area contributed by atoms with Crippen molar-refractivity contribution < 1.29 is 10.6 Å². The third-order valence-electron chi connectivity index (χ3n) is 2.36. The van der Waals surface area contributed by atoms with Gasteiger partial charge < -0.3 is 10.6 Å². The first-order chi connectivity index (χ1) is 5.97. The Labute approximate surface area is 72.2 Å². The van der Waals surface area contributed by atoms with Gasteiger partial charge in [-0.15, -0.1) is 0 Å². The van der Waals surface area contributed by atoms with E-state index >= 15 is 0 Å². The summed E-state index contributed by atoms with van der Waals surface area (Å²) in [4.78, 5) is 4.13. The molecule has 1 aliphatic rings. The third-order valence-corrected chi connectivity index (χ3v) is 2.36. The summed E-state index contributed by atoms with van der Waals surface area (Å²) in [5.41, 5.74) is 1.36. The maximum Gasteiger partial charge on any atom is 0.163 e. The van der Waals surface area contributed by atoms with Crippen LogP contribution in [0.4, 0.5) is 0 Å². The lowest BCUT2D eigenvalue weighted by Crippen LogP contribution is -3.04. The van der Waals surface area contributed by atoms with Crippen LogP contribution >= 0.6 is 0 Å². The van der Waals surface area contributed by atoms with Crippen LogP contribution in [0.2, 0.25) is 0 Å².